The number of methoxy groups -OCH3 is 1. The zero-order valence-corrected chi connectivity index (χ0v) is 13.9. The SMILES string of the molecule is COc1ccc(CNC(=O)Nc2nnc(-c3csc(C)n3)o2)cc1. The van der Waals surface area contributed by atoms with Crippen LogP contribution in [0.1, 0.15) is 10.6 Å². The lowest BCUT2D eigenvalue weighted by Gasteiger charge is -2.05. The first kappa shape index (κ1) is 15.9. The Bertz CT molecular complexity index is 828. The van der Waals surface area contributed by atoms with Gasteiger partial charge in [-0.15, -0.1) is 16.4 Å². The van der Waals surface area contributed by atoms with Crippen LogP contribution < -0.4 is 15.4 Å². The first-order valence-corrected chi connectivity index (χ1v) is 7.96. The second kappa shape index (κ2) is 7.09. The summed E-state index contributed by atoms with van der Waals surface area (Å²) in [7, 11) is 1.60. The number of nitrogens with zero attached hydrogens (tertiary/aromatic N) is 3. The molecular formula is C15H15N5O3S. The first-order chi connectivity index (χ1) is 11.6. The minimum atomic E-state index is -0.435. The van der Waals surface area contributed by atoms with Gasteiger partial charge in [0.2, 0.25) is 0 Å². The lowest BCUT2D eigenvalue weighted by Crippen LogP contribution is -2.28. The molecule has 0 unspecified atom stereocenters. The smallest absolute Gasteiger partial charge is 0.324 e. The number of amides is 2. The van der Waals surface area contributed by atoms with Crippen molar-refractivity contribution in [2.45, 2.75) is 13.5 Å². The maximum Gasteiger partial charge on any atom is 0.324 e. The Labute approximate surface area is 141 Å². The number of hydrogen-bond donors (Lipinski definition) is 2. The maximum absolute atomic E-state index is 11.9. The van der Waals surface area contributed by atoms with E-state index in [0.717, 1.165) is 16.3 Å². The Hall–Kier alpha value is -2.94. The molecule has 2 aromatic heterocycles. The molecule has 0 saturated heterocycles. The molecule has 0 spiro atoms. The van der Waals surface area contributed by atoms with Crippen LogP contribution in [0.3, 0.4) is 0 Å². The summed E-state index contributed by atoms with van der Waals surface area (Å²) in [6.07, 6.45) is 0. The standard InChI is InChI=1S/C15H15N5O3S/c1-9-17-12(8-24-9)13-19-20-15(23-13)18-14(21)16-7-10-3-5-11(22-2)6-4-10/h3-6,8H,7H2,1-2H3,(H2,16,18,20,21). The van der Waals surface area contributed by atoms with E-state index in [-0.39, 0.29) is 11.9 Å². The second-order valence-electron chi connectivity index (χ2n) is 4.82. The molecule has 9 heteroatoms. The highest BCUT2D eigenvalue weighted by atomic mass is 32.1. The van der Waals surface area contributed by atoms with Gasteiger partial charge in [-0.05, 0) is 24.6 Å². The molecule has 2 amide bonds. The summed E-state index contributed by atoms with van der Waals surface area (Å²) in [5.74, 6) is 1.03. The maximum atomic E-state index is 11.9. The molecule has 2 heterocycles. The largest absolute Gasteiger partial charge is 0.497 e. The number of benzene rings is 1. The number of carbonyl (C=O) groups excluding carboxylic acids is 1. The summed E-state index contributed by atoms with van der Waals surface area (Å²) in [5.41, 5.74) is 1.53. The number of hydrogen-bond acceptors (Lipinski definition) is 7. The van der Waals surface area contributed by atoms with Crippen LogP contribution >= 0.6 is 11.3 Å². The third-order valence-electron chi connectivity index (χ3n) is 3.10. The Morgan fingerprint density at radius 1 is 1.29 bits per heavy atom. The first-order valence-electron chi connectivity index (χ1n) is 7.08. The Morgan fingerprint density at radius 2 is 2.08 bits per heavy atom. The van der Waals surface area contributed by atoms with Gasteiger partial charge >= 0.3 is 12.0 Å². The van der Waals surface area contributed by atoms with Gasteiger partial charge in [0.05, 0.1) is 12.1 Å². The Morgan fingerprint density at radius 3 is 2.75 bits per heavy atom. The highest BCUT2D eigenvalue weighted by molar-refractivity contribution is 7.09. The van der Waals surface area contributed by atoms with Crippen LogP contribution in [0, 0.1) is 6.92 Å². The number of rotatable bonds is 5. The normalized spacial score (nSPS) is 10.4. The molecule has 3 aromatic rings. The van der Waals surface area contributed by atoms with E-state index in [1.54, 1.807) is 7.11 Å². The summed E-state index contributed by atoms with van der Waals surface area (Å²) >= 11 is 1.48. The van der Waals surface area contributed by atoms with Crippen LogP contribution in [-0.2, 0) is 6.54 Å². The molecule has 0 aliphatic carbocycles. The van der Waals surface area contributed by atoms with Gasteiger partial charge < -0.3 is 14.5 Å². The molecule has 0 atom stereocenters. The molecule has 3 rings (SSSR count). The zero-order chi connectivity index (χ0) is 16.9. The molecule has 0 fully saturated rings. The fourth-order valence-corrected chi connectivity index (χ4v) is 2.49. The number of thiazole rings is 1. The van der Waals surface area contributed by atoms with Crippen molar-refractivity contribution in [2.24, 2.45) is 0 Å². The second-order valence-corrected chi connectivity index (χ2v) is 5.88. The molecule has 0 saturated carbocycles. The average Bonchev–Trinajstić information content (AvgIpc) is 3.22. The van der Waals surface area contributed by atoms with Crippen molar-refractivity contribution >= 4 is 23.4 Å². The van der Waals surface area contributed by atoms with Crippen molar-refractivity contribution in [3.05, 3.63) is 40.2 Å². The summed E-state index contributed by atoms with van der Waals surface area (Å²) in [5, 5.41) is 15.6. The number of ether oxygens (including phenoxy) is 1. The van der Waals surface area contributed by atoms with Crippen molar-refractivity contribution in [1.29, 1.82) is 0 Å². The predicted molar refractivity (Wildman–Crippen MR) is 89.0 cm³/mol. The van der Waals surface area contributed by atoms with Crippen molar-refractivity contribution < 1.29 is 13.9 Å². The van der Waals surface area contributed by atoms with E-state index in [2.05, 4.69) is 25.8 Å². The van der Waals surface area contributed by atoms with Crippen molar-refractivity contribution in [1.82, 2.24) is 20.5 Å². The van der Waals surface area contributed by atoms with E-state index >= 15 is 0 Å². The van der Waals surface area contributed by atoms with E-state index in [4.69, 9.17) is 9.15 Å². The van der Waals surface area contributed by atoms with Crippen LogP contribution in [-0.4, -0.2) is 28.3 Å². The molecule has 0 aliphatic rings. The highest BCUT2D eigenvalue weighted by Crippen LogP contribution is 2.21. The van der Waals surface area contributed by atoms with Gasteiger partial charge in [0, 0.05) is 11.9 Å². The lowest BCUT2D eigenvalue weighted by molar-refractivity contribution is 0.251. The highest BCUT2D eigenvalue weighted by Gasteiger charge is 2.13. The molecule has 0 aliphatic heterocycles. The third kappa shape index (κ3) is 3.87. The molecule has 24 heavy (non-hydrogen) atoms. The van der Waals surface area contributed by atoms with E-state index in [9.17, 15) is 4.79 Å². The van der Waals surface area contributed by atoms with Crippen LogP contribution in [0.25, 0.3) is 11.6 Å². The number of aromatic nitrogens is 3. The molecule has 0 bridgehead atoms. The average molecular weight is 345 g/mol. The molecule has 124 valence electrons. The van der Waals surface area contributed by atoms with Crippen LogP contribution in [0.5, 0.6) is 5.75 Å². The van der Waals surface area contributed by atoms with E-state index < -0.39 is 6.03 Å². The van der Waals surface area contributed by atoms with E-state index in [1.807, 2.05) is 36.6 Å². The summed E-state index contributed by atoms with van der Waals surface area (Å²) < 4.78 is 10.5. The Kier molecular flexibility index (Phi) is 4.71. The third-order valence-corrected chi connectivity index (χ3v) is 3.87. The minimum absolute atomic E-state index is 0.0166. The van der Waals surface area contributed by atoms with Gasteiger partial charge in [-0.3, -0.25) is 5.32 Å². The monoisotopic (exact) mass is 345 g/mol. The van der Waals surface area contributed by atoms with Crippen molar-refractivity contribution in [3.8, 4) is 17.3 Å². The van der Waals surface area contributed by atoms with E-state index in [0.29, 0.717) is 12.2 Å². The topological polar surface area (TPSA) is 102 Å². The van der Waals surface area contributed by atoms with E-state index in [1.165, 1.54) is 11.3 Å². The molecular weight excluding hydrogens is 330 g/mol. The van der Waals surface area contributed by atoms with Crippen LogP contribution in [0.15, 0.2) is 34.1 Å². The quantitative estimate of drug-likeness (QED) is 0.737. The predicted octanol–water partition coefficient (Wildman–Crippen LogP) is 2.83. The molecule has 2 N–H and O–H groups in total. The molecule has 0 radical (unpaired) electrons. The van der Waals surface area contributed by atoms with Crippen LogP contribution in [0.4, 0.5) is 10.8 Å². The molecule has 8 nitrogen and oxygen atoms in total. The number of urea groups is 1. The lowest BCUT2D eigenvalue weighted by atomic mass is 10.2. The van der Waals surface area contributed by atoms with Crippen LogP contribution in [0.2, 0.25) is 0 Å². The fraction of sp³-hybridized carbons (Fsp3) is 0.200. The number of carbonyl (C=O) groups is 1. The van der Waals surface area contributed by atoms with Gasteiger partial charge in [0.25, 0.3) is 5.89 Å². The minimum Gasteiger partial charge on any atom is -0.497 e. The summed E-state index contributed by atoms with van der Waals surface area (Å²) in [6, 6.07) is 6.98. The van der Waals surface area contributed by atoms with Gasteiger partial charge in [0.1, 0.15) is 11.4 Å². The summed E-state index contributed by atoms with van der Waals surface area (Å²) in [6.45, 7) is 2.25. The number of anilines is 1. The van der Waals surface area contributed by atoms with Gasteiger partial charge in [-0.25, -0.2) is 9.78 Å². The summed E-state index contributed by atoms with van der Waals surface area (Å²) in [4.78, 5) is 16.1. The Balaban J connectivity index is 1.54. The molecule has 1 aromatic carbocycles. The van der Waals surface area contributed by atoms with Gasteiger partial charge in [0.15, 0.2) is 0 Å². The number of nitrogens with one attached hydrogen (secondary N) is 2. The van der Waals surface area contributed by atoms with Gasteiger partial charge in [-0.1, -0.05) is 17.2 Å². The number of aryl methyl sites for hydroxylation is 1. The van der Waals surface area contributed by atoms with Crippen molar-refractivity contribution in [3.63, 3.8) is 0 Å². The van der Waals surface area contributed by atoms with Crippen molar-refractivity contribution in [2.75, 3.05) is 12.4 Å². The fourth-order valence-electron chi connectivity index (χ4n) is 1.91. The van der Waals surface area contributed by atoms with Gasteiger partial charge in [-0.2, -0.15) is 0 Å². The zero-order valence-electron chi connectivity index (χ0n) is 13.1.